The van der Waals surface area contributed by atoms with Crippen molar-refractivity contribution in [3.8, 4) is 6.07 Å². The summed E-state index contributed by atoms with van der Waals surface area (Å²) in [6.07, 6.45) is 0. The van der Waals surface area contributed by atoms with E-state index in [9.17, 15) is 14.0 Å². The molecule has 26 heavy (non-hydrogen) atoms. The summed E-state index contributed by atoms with van der Waals surface area (Å²) < 4.78 is 14.7. The van der Waals surface area contributed by atoms with Crippen LogP contribution in [0, 0.1) is 20.7 Å². The van der Waals surface area contributed by atoms with Gasteiger partial charge < -0.3 is 5.32 Å². The number of pyridine rings is 1. The van der Waals surface area contributed by atoms with Gasteiger partial charge in [0.25, 0.3) is 11.8 Å². The van der Waals surface area contributed by atoms with Crippen LogP contribution in [0.25, 0.3) is 0 Å². The summed E-state index contributed by atoms with van der Waals surface area (Å²) in [4.78, 5) is 31.6. The van der Waals surface area contributed by atoms with E-state index in [1.807, 2.05) is 34.1 Å². The molecule has 0 atom stereocenters. The van der Waals surface area contributed by atoms with Gasteiger partial charge in [0.1, 0.15) is 23.4 Å². The molecule has 134 valence electrons. The predicted molar refractivity (Wildman–Crippen MR) is 94.7 cm³/mol. The molecule has 2 amide bonds. The molecule has 0 saturated carbocycles. The monoisotopic (exact) mass is 471 g/mol. The number of benzene rings is 1. The zero-order chi connectivity index (χ0) is 19.1. The molecule has 0 aliphatic heterocycles. The standard InChI is InChI=1S/C15H11FIN5O4/c16-11-5-8(17)1-4-12(11)20-14-10(3-2-9(6-18)19-14)15(24)22-26-7-13(23)21-25/h1-5,25H,7H2,(H,19,20)(H,21,23)(H,22,24). The van der Waals surface area contributed by atoms with Gasteiger partial charge in [-0.25, -0.2) is 20.3 Å². The lowest BCUT2D eigenvalue weighted by Crippen LogP contribution is -2.31. The molecule has 9 nitrogen and oxygen atoms in total. The van der Waals surface area contributed by atoms with E-state index in [1.54, 1.807) is 6.07 Å². The summed E-state index contributed by atoms with van der Waals surface area (Å²) in [5.41, 5.74) is 3.33. The minimum absolute atomic E-state index is 0.00977. The normalized spacial score (nSPS) is 9.92. The predicted octanol–water partition coefficient (Wildman–Crippen LogP) is 1.61. The summed E-state index contributed by atoms with van der Waals surface area (Å²) in [6, 6.07) is 8.80. The highest BCUT2D eigenvalue weighted by atomic mass is 127. The lowest BCUT2D eigenvalue weighted by molar-refractivity contribution is -0.135. The second-order valence-corrected chi connectivity index (χ2v) is 5.95. The van der Waals surface area contributed by atoms with E-state index in [0.29, 0.717) is 3.57 Å². The van der Waals surface area contributed by atoms with Crippen molar-refractivity contribution in [1.29, 1.82) is 5.26 Å². The number of amides is 2. The summed E-state index contributed by atoms with van der Waals surface area (Å²) in [7, 11) is 0. The van der Waals surface area contributed by atoms with Crippen LogP contribution < -0.4 is 16.3 Å². The van der Waals surface area contributed by atoms with E-state index in [2.05, 4.69) is 15.1 Å². The first-order valence-electron chi connectivity index (χ1n) is 6.93. The number of aromatic nitrogens is 1. The van der Waals surface area contributed by atoms with Crippen LogP contribution >= 0.6 is 22.6 Å². The van der Waals surface area contributed by atoms with E-state index in [1.165, 1.54) is 29.7 Å². The van der Waals surface area contributed by atoms with E-state index in [-0.39, 0.29) is 22.8 Å². The van der Waals surface area contributed by atoms with Crippen molar-refractivity contribution in [3.05, 3.63) is 51.0 Å². The number of hydrogen-bond donors (Lipinski definition) is 4. The number of nitrogens with zero attached hydrogens (tertiary/aromatic N) is 2. The van der Waals surface area contributed by atoms with Crippen LogP contribution in [0.5, 0.6) is 0 Å². The molecule has 1 aromatic heterocycles. The molecule has 2 rings (SSSR count). The zero-order valence-electron chi connectivity index (χ0n) is 12.9. The number of hydrogen-bond acceptors (Lipinski definition) is 7. The van der Waals surface area contributed by atoms with Crippen molar-refractivity contribution < 1.29 is 24.0 Å². The number of nitrogens with one attached hydrogen (secondary N) is 3. The molecule has 0 aliphatic rings. The highest BCUT2D eigenvalue weighted by Gasteiger charge is 2.16. The summed E-state index contributed by atoms with van der Waals surface area (Å²) in [5, 5.41) is 20.0. The second-order valence-electron chi connectivity index (χ2n) is 4.71. The molecular weight excluding hydrogens is 460 g/mol. The molecule has 11 heteroatoms. The van der Waals surface area contributed by atoms with E-state index in [0.717, 1.165) is 0 Å². The fourth-order valence-corrected chi connectivity index (χ4v) is 2.23. The van der Waals surface area contributed by atoms with Crippen LogP contribution in [-0.4, -0.2) is 28.6 Å². The molecule has 0 bridgehead atoms. The van der Waals surface area contributed by atoms with Crippen LogP contribution in [-0.2, 0) is 9.63 Å². The number of halogens is 2. The lowest BCUT2D eigenvalue weighted by atomic mass is 10.2. The second kappa shape index (κ2) is 9.04. The highest BCUT2D eigenvalue weighted by Crippen LogP contribution is 2.23. The fraction of sp³-hybridized carbons (Fsp3) is 0.0667. The van der Waals surface area contributed by atoms with Crippen molar-refractivity contribution in [3.63, 3.8) is 0 Å². The molecule has 0 spiro atoms. The van der Waals surface area contributed by atoms with Gasteiger partial charge in [0.15, 0.2) is 6.61 Å². The molecule has 1 heterocycles. The third kappa shape index (κ3) is 5.09. The summed E-state index contributed by atoms with van der Waals surface area (Å²) in [5.74, 6) is -2.30. The zero-order valence-corrected chi connectivity index (χ0v) is 15.1. The van der Waals surface area contributed by atoms with Crippen molar-refractivity contribution >= 4 is 45.9 Å². The molecule has 0 unspecified atom stereocenters. The van der Waals surface area contributed by atoms with Crippen molar-refractivity contribution in [2.75, 3.05) is 11.9 Å². The van der Waals surface area contributed by atoms with Gasteiger partial charge in [0.2, 0.25) is 0 Å². The van der Waals surface area contributed by atoms with Crippen LogP contribution in [0.1, 0.15) is 16.1 Å². The van der Waals surface area contributed by atoms with Crippen LogP contribution in [0.3, 0.4) is 0 Å². The molecule has 4 N–H and O–H groups in total. The van der Waals surface area contributed by atoms with Crippen LogP contribution in [0.15, 0.2) is 30.3 Å². The van der Waals surface area contributed by atoms with Gasteiger partial charge in [0, 0.05) is 3.57 Å². The highest BCUT2D eigenvalue weighted by molar-refractivity contribution is 14.1. The quantitative estimate of drug-likeness (QED) is 0.286. The molecule has 0 aliphatic carbocycles. The Labute approximate surface area is 160 Å². The molecule has 0 saturated heterocycles. The van der Waals surface area contributed by atoms with Gasteiger partial charge in [-0.15, -0.1) is 0 Å². The Morgan fingerprint density at radius 1 is 1.35 bits per heavy atom. The SMILES string of the molecule is N#Cc1ccc(C(=O)NOCC(=O)NO)c(Nc2ccc(I)cc2F)n1. The Balaban J connectivity index is 2.25. The van der Waals surface area contributed by atoms with E-state index < -0.39 is 24.2 Å². The average Bonchev–Trinajstić information content (AvgIpc) is 2.63. The largest absolute Gasteiger partial charge is 0.337 e. The minimum atomic E-state index is -0.873. The number of carbonyl (C=O) groups is 2. The number of hydroxylamine groups is 2. The molecule has 2 aromatic rings. The Morgan fingerprint density at radius 2 is 2.12 bits per heavy atom. The average molecular weight is 471 g/mol. The molecular formula is C15H11FIN5O4. The maximum atomic E-state index is 14.0. The van der Waals surface area contributed by atoms with Gasteiger partial charge in [-0.1, -0.05) is 0 Å². The number of rotatable bonds is 6. The van der Waals surface area contributed by atoms with Gasteiger partial charge in [-0.3, -0.25) is 19.6 Å². The first kappa shape index (κ1) is 19.5. The molecule has 1 aromatic carbocycles. The van der Waals surface area contributed by atoms with Crippen LogP contribution in [0.4, 0.5) is 15.9 Å². The van der Waals surface area contributed by atoms with Gasteiger partial charge in [-0.2, -0.15) is 5.26 Å². The number of anilines is 2. The van der Waals surface area contributed by atoms with Crippen molar-refractivity contribution in [2.24, 2.45) is 0 Å². The third-order valence-electron chi connectivity index (χ3n) is 2.93. The number of carbonyl (C=O) groups excluding carboxylic acids is 2. The first-order valence-corrected chi connectivity index (χ1v) is 8.00. The number of nitriles is 1. The van der Waals surface area contributed by atoms with Gasteiger partial charge in [-0.05, 0) is 52.9 Å². The Hall–Kier alpha value is -2.82. The van der Waals surface area contributed by atoms with Crippen molar-refractivity contribution in [2.45, 2.75) is 0 Å². The molecule has 0 radical (unpaired) electrons. The molecule has 0 fully saturated rings. The summed E-state index contributed by atoms with van der Waals surface area (Å²) in [6.45, 7) is -0.625. The Bertz CT molecular complexity index is 887. The first-order chi connectivity index (χ1) is 12.4. The van der Waals surface area contributed by atoms with Crippen LogP contribution in [0.2, 0.25) is 0 Å². The van der Waals surface area contributed by atoms with E-state index >= 15 is 0 Å². The fourth-order valence-electron chi connectivity index (χ4n) is 1.77. The van der Waals surface area contributed by atoms with Gasteiger partial charge >= 0.3 is 0 Å². The smallest absolute Gasteiger partial charge is 0.278 e. The topological polar surface area (TPSA) is 136 Å². The third-order valence-corrected chi connectivity index (χ3v) is 3.60. The van der Waals surface area contributed by atoms with Gasteiger partial charge in [0.05, 0.1) is 11.3 Å². The Morgan fingerprint density at radius 3 is 2.77 bits per heavy atom. The minimum Gasteiger partial charge on any atom is -0.337 e. The lowest BCUT2D eigenvalue weighted by Gasteiger charge is -2.12. The Kier molecular flexibility index (Phi) is 6.78. The summed E-state index contributed by atoms with van der Waals surface area (Å²) >= 11 is 1.95. The van der Waals surface area contributed by atoms with E-state index in [4.69, 9.17) is 10.5 Å². The van der Waals surface area contributed by atoms with Crippen molar-refractivity contribution in [1.82, 2.24) is 15.9 Å². The maximum Gasteiger partial charge on any atom is 0.278 e. The maximum absolute atomic E-state index is 14.0.